The van der Waals surface area contributed by atoms with Gasteiger partial charge in [0.15, 0.2) is 23.1 Å². The minimum absolute atomic E-state index is 0.00209. The lowest BCUT2D eigenvalue weighted by Gasteiger charge is -2.27. The van der Waals surface area contributed by atoms with Crippen LogP contribution in [0.2, 0.25) is 0 Å². The molecule has 4 rings (SSSR count). The summed E-state index contributed by atoms with van der Waals surface area (Å²) in [7, 11) is 0. The van der Waals surface area contributed by atoms with Crippen molar-refractivity contribution in [3.05, 3.63) is 95.6 Å². The van der Waals surface area contributed by atoms with Crippen molar-refractivity contribution >= 4 is 0 Å². The van der Waals surface area contributed by atoms with Gasteiger partial charge in [-0.05, 0) is 59.6 Å². The zero-order valence-electron chi connectivity index (χ0n) is 19.6. The second-order valence-corrected chi connectivity index (χ2v) is 9.06. The first-order chi connectivity index (χ1) is 16.9. The average molecular weight is 485 g/mol. The summed E-state index contributed by atoms with van der Waals surface area (Å²) >= 11 is 0. The Morgan fingerprint density at radius 2 is 1.40 bits per heavy atom. The molecular formula is C29H28F4O2. The maximum atomic E-state index is 14.7. The third kappa shape index (κ3) is 5.53. The number of hydrogen-bond acceptors (Lipinski definition) is 2. The van der Waals surface area contributed by atoms with Gasteiger partial charge in [0.05, 0.1) is 0 Å². The zero-order valence-corrected chi connectivity index (χ0v) is 19.6. The van der Waals surface area contributed by atoms with E-state index in [1.54, 1.807) is 30.3 Å². The summed E-state index contributed by atoms with van der Waals surface area (Å²) in [5, 5.41) is 0. The van der Waals surface area contributed by atoms with E-state index in [9.17, 15) is 17.6 Å². The fourth-order valence-electron chi connectivity index (χ4n) is 4.50. The summed E-state index contributed by atoms with van der Waals surface area (Å²) in [4.78, 5) is 0. The average Bonchev–Trinajstić information content (AvgIpc) is 2.87. The molecule has 0 aliphatic heterocycles. The predicted molar refractivity (Wildman–Crippen MR) is 129 cm³/mol. The molecule has 35 heavy (non-hydrogen) atoms. The highest BCUT2D eigenvalue weighted by Crippen LogP contribution is 2.38. The van der Waals surface area contributed by atoms with Crippen molar-refractivity contribution in [3.8, 4) is 22.6 Å². The van der Waals surface area contributed by atoms with Crippen LogP contribution in [0, 0.1) is 29.2 Å². The van der Waals surface area contributed by atoms with E-state index in [0.717, 1.165) is 25.7 Å². The Kier molecular flexibility index (Phi) is 7.79. The van der Waals surface area contributed by atoms with Gasteiger partial charge in [0.25, 0.3) is 0 Å². The van der Waals surface area contributed by atoms with Crippen LogP contribution in [-0.4, -0.2) is 6.61 Å². The standard InChI is InChI=1S/C29H28F4O2/c1-3-16-34-24-14-12-23(26(30)28(24)32)21-10-6-19(7-11-21)17-35-25-15-13-22(27(31)29(25)33)20-8-4-18(2)5-9-20/h3,6-7,10-15,18,20H,1,4-5,8-9,16-17H2,2H3. The van der Waals surface area contributed by atoms with E-state index in [1.807, 2.05) is 0 Å². The van der Waals surface area contributed by atoms with Crippen LogP contribution in [0.3, 0.4) is 0 Å². The van der Waals surface area contributed by atoms with Gasteiger partial charge in [-0.25, -0.2) is 8.78 Å². The van der Waals surface area contributed by atoms with Gasteiger partial charge in [0, 0.05) is 5.56 Å². The van der Waals surface area contributed by atoms with Gasteiger partial charge in [-0.3, -0.25) is 0 Å². The van der Waals surface area contributed by atoms with Crippen LogP contribution >= 0.6 is 0 Å². The van der Waals surface area contributed by atoms with Crippen molar-refractivity contribution in [3.63, 3.8) is 0 Å². The van der Waals surface area contributed by atoms with Crippen molar-refractivity contribution in [2.24, 2.45) is 5.92 Å². The Bertz CT molecular complexity index is 1180. The highest BCUT2D eigenvalue weighted by atomic mass is 19.2. The number of ether oxygens (including phenoxy) is 2. The Labute approximate surface area is 203 Å². The molecule has 1 fully saturated rings. The van der Waals surface area contributed by atoms with Crippen LogP contribution in [0.25, 0.3) is 11.1 Å². The highest BCUT2D eigenvalue weighted by molar-refractivity contribution is 5.65. The summed E-state index contributed by atoms with van der Waals surface area (Å²) in [6.45, 7) is 5.73. The fourth-order valence-corrected chi connectivity index (χ4v) is 4.50. The Morgan fingerprint density at radius 1 is 0.771 bits per heavy atom. The summed E-state index contributed by atoms with van der Waals surface area (Å²) in [5.41, 5.74) is 1.64. The van der Waals surface area contributed by atoms with E-state index in [0.29, 0.717) is 22.6 Å². The van der Waals surface area contributed by atoms with E-state index < -0.39 is 23.3 Å². The van der Waals surface area contributed by atoms with Crippen LogP contribution in [0.15, 0.2) is 61.2 Å². The summed E-state index contributed by atoms with van der Waals surface area (Å²) in [5.74, 6) is -3.57. The van der Waals surface area contributed by atoms with Gasteiger partial charge < -0.3 is 9.47 Å². The van der Waals surface area contributed by atoms with E-state index in [4.69, 9.17) is 9.47 Å². The summed E-state index contributed by atoms with van der Waals surface area (Å²) < 4.78 is 68.9. The molecule has 0 atom stereocenters. The molecule has 1 aliphatic carbocycles. The maximum absolute atomic E-state index is 14.7. The third-order valence-corrected chi connectivity index (χ3v) is 6.60. The molecule has 0 heterocycles. The molecule has 0 unspecified atom stereocenters. The molecule has 0 spiro atoms. The molecule has 0 amide bonds. The van der Waals surface area contributed by atoms with Gasteiger partial charge in [0.1, 0.15) is 13.2 Å². The fraction of sp³-hybridized carbons (Fsp3) is 0.310. The topological polar surface area (TPSA) is 18.5 Å². The Morgan fingerprint density at radius 3 is 2.09 bits per heavy atom. The number of rotatable bonds is 8. The van der Waals surface area contributed by atoms with E-state index in [2.05, 4.69) is 13.5 Å². The van der Waals surface area contributed by atoms with Crippen molar-refractivity contribution in [2.75, 3.05) is 6.61 Å². The zero-order chi connectivity index (χ0) is 24.9. The first-order valence-electron chi connectivity index (χ1n) is 11.8. The number of benzene rings is 3. The van der Waals surface area contributed by atoms with Gasteiger partial charge in [-0.2, -0.15) is 8.78 Å². The molecular weight excluding hydrogens is 456 g/mol. The Hall–Kier alpha value is -3.28. The van der Waals surface area contributed by atoms with Gasteiger partial charge in [0.2, 0.25) is 11.6 Å². The van der Waals surface area contributed by atoms with Crippen LogP contribution < -0.4 is 9.47 Å². The monoisotopic (exact) mass is 484 g/mol. The first-order valence-corrected chi connectivity index (χ1v) is 11.8. The van der Waals surface area contributed by atoms with Crippen LogP contribution in [-0.2, 0) is 6.61 Å². The molecule has 3 aromatic carbocycles. The van der Waals surface area contributed by atoms with E-state index in [-0.39, 0.29) is 36.2 Å². The van der Waals surface area contributed by atoms with Crippen molar-refractivity contribution in [1.29, 1.82) is 0 Å². The van der Waals surface area contributed by atoms with E-state index in [1.165, 1.54) is 24.3 Å². The summed E-state index contributed by atoms with van der Waals surface area (Å²) in [6, 6.07) is 12.5. The maximum Gasteiger partial charge on any atom is 0.201 e. The second kappa shape index (κ2) is 11.0. The first kappa shape index (κ1) is 24.8. The minimum atomic E-state index is -1.07. The number of hydrogen-bond donors (Lipinski definition) is 0. The van der Waals surface area contributed by atoms with Crippen LogP contribution in [0.1, 0.15) is 49.7 Å². The lowest BCUT2D eigenvalue weighted by Crippen LogP contribution is -2.13. The summed E-state index contributed by atoms with van der Waals surface area (Å²) in [6.07, 6.45) is 5.20. The second-order valence-electron chi connectivity index (χ2n) is 9.06. The third-order valence-electron chi connectivity index (χ3n) is 6.60. The lowest BCUT2D eigenvalue weighted by atomic mass is 9.79. The molecule has 0 aromatic heterocycles. The minimum Gasteiger partial charge on any atom is -0.486 e. The highest BCUT2D eigenvalue weighted by Gasteiger charge is 2.25. The molecule has 0 saturated heterocycles. The molecule has 0 bridgehead atoms. The molecule has 3 aromatic rings. The predicted octanol–water partition coefficient (Wildman–Crippen LogP) is 8.35. The molecule has 1 saturated carbocycles. The quantitative estimate of drug-likeness (QED) is 0.236. The molecule has 2 nitrogen and oxygen atoms in total. The molecule has 1 aliphatic rings. The Balaban J connectivity index is 1.43. The SMILES string of the molecule is C=CCOc1ccc(-c2ccc(COc3ccc(C4CCC(C)CC4)c(F)c3F)cc2)c(F)c1F. The van der Waals surface area contributed by atoms with Gasteiger partial charge >= 0.3 is 0 Å². The molecule has 184 valence electrons. The van der Waals surface area contributed by atoms with Crippen molar-refractivity contribution in [2.45, 2.75) is 45.1 Å². The molecule has 0 N–H and O–H groups in total. The van der Waals surface area contributed by atoms with E-state index >= 15 is 0 Å². The normalized spacial score (nSPS) is 17.7. The largest absolute Gasteiger partial charge is 0.486 e. The smallest absolute Gasteiger partial charge is 0.201 e. The molecule has 0 radical (unpaired) electrons. The molecule has 6 heteroatoms. The van der Waals surface area contributed by atoms with Crippen LogP contribution in [0.4, 0.5) is 17.6 Å². The van der Waals surface area contributed by atoms with Crippen molar-refractivity contribution < 1.29 is 27.0 Å². The van der Waals surface area contributed by atoms with Crippen LogP contribution in [0.5, 0.6) is 11.5 Å². The number of halogens is 4. The van der Waals surface area contributed by atoms with Gasteiger partial charge in [-0.1, -0.05) is 62.8 Å². The van der Waals surface area contributed by atoms with Crippen molar-refractivity contribution in [1.82, 2.24) is 0 Å². The lowest BCUT2D eigenvalue weighted by molar-refractivity contribution is 0.282. The van der Waals surface area contributed by atoms with Gasteiger partial charge in [-0.15, -0.1) is 0 Å².